The van der Waals surface area contributed by atoms with Gasteiger partial charge in [-0.1, -0.05) is 17.2 Å². The average Bonchev–Trinajstić information content (AvgIpc) is 3.14. The van der Waals surface area contributed by atoms with Crippen molar-refractivity contribution in [3.63, 3.8) is 0 Å². The maximum atomic E-state index is 12.7. The number of hydrogen-bond donors (Lipinski definition) is 2. The third-order valence-corrected chi connectivity index (χ3v) is 6.70. The van der Waals surface area contributed by atoms with Crippen LogP contribution in [-0.2, 0) is 19.2 Å². The summed E-state index contributed by atoms with van der Waals surface area (Å²) in [6.45, 7) is 3.33. The minimum Gasteiger partial charge on any atom is -0.549 e. The molecule has 3 atom stereocenters. The van der Waals surface area contributed by atoms with E-state index in [2.05, 4.69) is 28.0 Å². The first-order chi connectivity index (χ1) is 13.8. The van der Waals surface area contributed by atoms with Crippen LogP contribution in [0.15, 0.2) is 23.2 Å². The first-order valence-electron chi connectivity index (χ1n) is 8.26. The summed E-state index contributed by atoms with van der Waals surface area (Å²) in [7, 11) is 0. The van der Waals surface area contributed by atoms with E-state index in [-0.39, 0.29) is 65.0 Å². The van der Waals surface area contributed by atoms with Gasteiger partial charge in [0, 0.05) is 17.7 Å². The van der Waals surface area contributed by atoms with E-state index in [0.717, 1.165) is 11.3 Å². The predicted molar refractivity (Wildman–Crippen MR) is 105 cm³/mol. The van der Waals surface area contributed by atoms with Crippen molar-refractivity contribution in [2.45, 2.75) is 11.4 Å². The standard InChI is InChI=1S/C17H17N5O5S2.Na/c1-3-5-27-21-10(9-6-28-16(18)19-9)12(23)20-11-13(24)22-7-17(4-2,15(25)26)8-29-14(11)22;/h1,4,6,11,14H,2,5,7-8H2,(H2,18,19)(H,20,23)(H,25,26);/q;+1/p-1/t11?,14-,17?;/m1./s1. The smallest absolute Gasteiger partial charge is 0.549 e. The van der Waals surface area contributed by atoms with Crippen molar-refractivity contribution >= 4 is 51.7 Å². The SMILES string of the molecule is C#CCON=C(C(=O)NC1C(=O)N2CC(C=C)(C(=O)[O-])CS[C@H]12)c1csc(N)n1.[Na+]. The second kappa shape index (κ2) is 9.84. The number of terminal acetylenes is 1. The fourth-order valence-electron chi connectivity index (χ4n) is 2.87. The van der Waals surface area contributed by atoms with E-state index >= 15 is 0 Å². The summed E-state index contributed by atoms with van der Waals surface area (Å²) in [5.41, 5.74) is 4.30. The van der Waals surface area contributed by atoms with Crippen molar-refractivity contribution in [2.24, 2.45) is 10.6 Å². The molecule has 3 heterocycles. The molecule has 152 valence electrons. The molecule has 2 saturated heterocycles. The average molecular weight is 457 g/mol. The van der Waals surface area contributed by atoms with Crippen molar-refractivity contribution in [3.05, 3.63) is 23.7 Å². The summed E-state index contributed by atoms with van der Waals surface area (Å²) in [6, 6.07) is -0.842. The Labute approximate surface area is 202 Å². The Morgan fingerprint density at radius 3 is 2.93 bits per heavy atom. The van der Waals surface area contributed by atoms with Gasteiger partial charge in [0.15, 0.2) is 17.5 Å². The van der Waals surface area contributed by atoms with Crippen molar-refractivity contribution in [1.29, 1.82) is 0 Å². The summed E-state index contributed by atoms with van der Waals surface area (Å²) in [5, 5.41) is 19.1. The third kappa shape index (κ3) is 4.50. The van der Waals surface area contributed by atoms with Gasteiger partial charge in [-0.3, -0.25) is 9.59 Å². The zero-order valence-corrected chi connectivity index (χ0v) is 19.6. The molecular weight excluding hydrogens is 441 g/mol. The summed E-state index contributed by atoms with van der Waals surface area (Å²) in [6.07, 6.45) is 6.39. The fourth-order valence-corrected chi connectivity index (χ4v) is 4.95. The van der Waals surface area contributed by atoms with Crippen molar-refractivity contribution in [1.82, 2.24) is 15.2 Å². The molecule has 2 aliphatic heterocycles. The zero-order valence-electron chi connectivity index (χ0n) is 16.0. The maximum Gasteiger partial charge on any atom is 1.00 e. The Hall–Kier alpha value is -2.04. The van der Waals surface area contributed by atoms with Crippen LogP contribution < -0.4 is 45.7 Å². The number of aromatic nitrogens is 1. The number of aliphatic carboxylic acids is 1. The van der Waals surface area contributed by atoms with Gasteiger partial charge >= 0.3 is 29.6 Å². The second-order valence-corrected chi connectivity index (χ2v) is 8.25. The number of nitrogens with two attached hydrogens (primary N) is 1. The molecule has 1 aromatic rings. The number of nitrogen functional groups attached to an aromatic ring is 1. The molecule has 0 aliphatic carbocycles. The van der Waals surface area contributed by atoms with Crippen molar-refractivity contribution in [3.8, 4) is 12.3 Å². The summed E-state index contributed by atoms with van der Waals surface area (Å²) >= 11 is 2.34. The van der Waals surface area contributed by atoms with Gasteiger partial charge in [0.25, 0.3) is 5.91 Å². The molecule has 0 bridgehead atoms. The van der Waals surface area contributed by atoms with Gasteiger partial charge in [-0.2, -0.15) is 0 Å². The largest absolute Gasteiger partial charge is 1.00 e. The van der Waals surface area contributed by atoms with Crippen molar-refractivity contribution in [2.75, 3.05) is 24.6 Å². The van der Waals surface area contributed by atoms with Gasteiger partial charge in [0.2, 0.25) is 5.91 Å². The van der Waals surface area contributed by atoms with Crippen LogP contribution in [0.5, 0.6) is 0 Å². The molecule has 13 heteroatoms. The molecule has 0 aromatic carbocycles. The number of carbonyl (C=O) groups is 3. The number of β-lactam (4-membered cyclic amide) rings is 1. The van der Waals surface area contributed by atoms with E-state index in [1.54, 1.807) is 0 Å². The van der Waals surface area contributed by atoms with E-state index < -0.39 is 34.6 Å². The number of rotatable bonds is 7. The molecular formula is C17H16N5NaO5S2. The number of nitrogens with one attached hydrogen (secondary N) is 1. The minimum absolute atomic E-state index is 0. The number of anilines is 1. The topological polar surface area (TPSA) is 150 Å². The van der Waals surface area contributed by atoms with Crippen LogP contribution in [0.1, 0.15) is 5.69 Å². The quantitative estimate of drug-likeness (QED) is 0.0790. The summed E-state index contributed by atoms with van der Waals surface area (Å²) in [5.74, 6) is 0.00210. The third-order valence-electron chi connectivity index (χ3n) is 4.47. The maximum absolute atomic E-state index is 12.7. The number of amides is 2. The van der Waals surface area contributed by atoms with Crippen molar-refractivity contribution < 1.29 is 53.9 Å². The fraction of sp³-hybridized carbons (Fsp3) is 0.353. The predicted octanol–water partition coefficient (Wildman–Crippen LogP) is -4.59. The molecule has 1 aromatic heterocycles. The number of thiazole rings is 1. The molecule has 0 saturated carbocycles. The molecule has 0 spiro atoms. The van der Waals surface area contributed by atoms with Gasteiger partial charge in [-0.15, -0.1) is 36.1 Å². The van der Waals surface area contributed by atoms with E-state index in [4.69, 9.17) is 17.0 Å². The van der Waals surface area contributed by atoms with Crippen LogP contribution in [-0.4, -0.2) is 63.7 Å². The van der Waals surface area contributed by atoms with Crippen LogP contribution >= 0.6 is 23.1 Å². The number of fused-ring (bicyclic) bond motifs is 1. The second-order valence-electron chi connectivity index (χ2n) is 6.25. The number of carbonyl (C=O) groups excluding carboxylic acids is 3. The Morgan fingerprint density at radius 1 is 1.63 bits per heavy atom. The first-order valence-corrected chi connectivity index (χ1v) is 10.2. The van der Waals surface area contributed by atoms with Gasteiger partial charge in [-0.25, -0.2) is 4.98 Å². The van der Waals surface area contributed by atoms with E-state index in [1.165, 1.54) is 28.1 Å². The number of carboxylic acids is 1. The van der Waals surface area contributed by atoms with Gasteiger partial charge < -0.3 is 30.7 Å². The van der Waals surface area contributed by atoms with Gasteiger partial charge in [0.05, 0.1) is 11.4 Å². The van der Waals surface area contributed by atoms with E-state index in [9.17, 15) is 19.5 Å². The van der Waals surface area contributed by atoms with Crippen LogP contribution in [0.2, 0.25) is 0 Å². The zero-order chi connectivity index (χ0) is 21.2. The molecule has 2 fully saturated rings. The molecule has 3 rings (SSSR count). The molecule has 10 nitrogen and oxygen atoms in total. The molecule has 2 unspecified atom stereocenters. The monoisotopic (exact) mass is 457 g/mol. The minimum atomic E-state index is -1.32. The van der Waals surface area contributed by atoms with Crippen LogP contribution in [0.4, 0.5) is 5.13 Å². The number of carboxylic acid groups (broad SMARTS) is 1. The first kappa shape index (κ1) is 24.2. The number of hydrogen-bond acceptors (Lipinski definition) is 10. The molecule has 2 aliphatic rings. The Morgan fingerprint density at radius 2 is 2.37 bits per heavy atom. The van der Waals surface area contributed by atoms with Gasteiger partial charge in [-0.05, 0) is 0 Å². The summed E-state index contributed by atoms with van der Waals surface area (Å²) < 4.78 is 0. The van der Waals surface area contributed by atoms with Gasteiger partial charge in [0.1, 0.15) is 17.1 Å². The van der Waals surface area contributed by atoms with Crippen LogP contribution in [0.3, 0.4) is 0 Å². The number of thioether (sulfide) groups is 1. The van der Waals surface area contributed by atoms with E-state index in [0.29, 0.717) is 0 Å². The Kier molecular flexibility index (Phi) is 7.95. The molecule has 3 N–H and O–H groups in total. The Balaban J connectivity index is 0.00000320. The summed E-state index contributed by atoms with van der Waals surface area (Å²) in [4.78, 5) is 46.9. The molecule has 30 heavy (non-hydrogen) atoms. The normalized spacial score (nSPS) is 25.1. The molecule has 2 amide bonds. The van der Waals surface area contributed by atoms with Crippen LogP contribution in [0, 0.1) is 17.8 Å². The Bertz CT molecular complexity index is 945. The number of oxime groups is 1. The molecule has 0 radical (unpaired) electrons. The number of nitrogens with zero attached hydrogens (tertiary/aromatic N) is 3. The van der Waals surface area contributed by atoms with Crippen LogP contribution in [0.25, 0.3) is 0 Å². The van der Waals surface area contributed by atoms with E-state index in [1.807, 2.05) is 0 Å².